The molecule has 4 nitrogen and oxygen atoms in total. The van der Waals surface area contributed by atoms with Gasteiger partial charge in [-0.1, -0.05) is 12.1 Å². The molecule has 3 rings (SSSR count). The van der Waals surface area contributed by atoms with E-state index in [0.29, 0.717) is 17.0 Å². The van der Waals surface area contributed by atoms with Gasteiger partial charge in [0.2, 0.25) is 5.91 Å². The highest BCUT2D eigenvalue weighted by Gasteiger charge is 2.36. The van der Waals surface area contributed by atoms with Crippen LogP contribution >= 0.6 is 0 Å². The van der Waals surface area contributed by atoms with Crippen LogP contribution in [0.3, 0.4) is 0 Å². The summed E-state index contributed by atoms with van der Waals surface area (Å²) in [4.78, 5) is 12.8. The Kier molecular flexibility index (Phi) is 5.65. The van der Waals surface area contributed by atoms with Crippen molar-refractivity contribution in [2.75, 3.05) is 12.4 Å². The maximum absolute atomic E-state index is 13.2. The molecule has 0 radical (unpaired) electrons. The first-order chi connectivity index (χ1) is 13.2. The Morgan fingerprint density at radius 2 is 1.89 bits per heavy atom. The lowest BCUT2D eigenvalue weighted by molar-refractivity contribution is -0.137. The number of aliphatic hydroxyl groups is 1. The molecule has 1 heterocycles. The van der Waals surface area contributed by atoms with Gasteiger partial charge in [0.05, 0.1) is 18.8 Å². The quantitative estimate of drug-likeness (QED) is 0.811. The molecule has 0 saturated heterocycles. The lowest BCUT2D eigenvalue weighted by Crippen LogP contribution is -2.29. The SMILES string of the molecule is COc1ccc(C2Cc3cc(C(F)(F)F)ccc3NC(=O)C2CC(C)O)cc1. The van der Waals surface area contributed by atoms with Gasteiger partial charge < -0.3 is 15.2 Å². The van der Waals surface area contributed by atoms with Crippen LogP contribution in [0, 0.1) is 5.92 Å². The molecule has 2 N–H and O–H groups in total. The summed E-state index contributed by atoms with van der Waals surface area (Å²) in [6.45, 7) is 1.60. The van der Waals surface area contributed by atoms with Gasteiger partial charge in [0.25, 0.3) is 0 Å². The largest absolute Gasteiger partial charge is 0.497 e. The Balaban J connectivity index is 2.05. The number of rotatable bonds is 4. The lowest BCUT2D eigenvalue weighted by atomic mass is 9.79. The first-order valence-corrected chi connectivity index (χ1v) is 9.02. The molecule has 150 valence electrons. The predicted molar refractivity (Wildman–Crippen MR) is 99.3 cm³/mol. The molecule has 1 amide bonds. The molecule has 7 heteroatoms. The number of amides is 1. The number of fused-ring (bicyclic) bond motifs is 1. The van der Waals surface area contributed by atoms with Crippen molar-refractivity contribution in [3.05, 3.63) is 59.2 Å². The van der Waals surface area contributed by atoms with Crippen molar-refractivity contribution in [3.63, 3.8) is 0 Å². The van der Waals surface area contributed by atoms with Crippen molar-refractivity contribution in [3.8, 4) is 5.75 Å². The van der Waals surface area contributed by atoms with Gasteiger partial charge >= 0.3 is 6.18 Å². The predicted octanol–water partition coefficient (Wildman–Crippen LogP) is 4.38. The number of aliphatic hydroxyl groups excluding tert-OH is 1. The van der Waals surface area contributed by atoms with Crippen LogP contribution in [0.5, 0.6) is 5.75 Å². The van der Waals surface area contributed by atoms with E-state index in [1.165, 1.54) is 6.07 Å². The van der Waals surface area contributed by atoms with E-state index in [0.717, 1.165) is 17.7 Å². The fraction of sp³-hybridized carbons (Fsp3) is 0.381. The highest BCUT2D eigenvalue weighted by atomic mass is 19.4. The lowest BCUT2D eigenvalue weighted by Gasteiger charge is -2.25. The van der Waals surface area contributed by atoms with Crippen molar-refractivity contribution in [1.82, 2.24) is 0 Å². The molecular weight excluding hydrogens is 371 g/mol. The second kappa shape index (κ2) is 7.83. The van der Waals surface area contributed by atoms with Crippen molar-refractivity contribution in [2.24, 2.45) is 5.92 Å². The van der Waals surface area contributed by atoms with Gasteiger partial charge in [-0.15, -0.1) is 0 Å². The Labute approximate surface area is 161 Å². The van der Waals surface area contributed by atoms with Crippen molar-refractivity contribution in [1.29, 1.82) is 0 Å². The van der Waals surface area contributed by atoms with E-state index < -0.39 is 23.8 Å². The summed E-state index contributed by atoms with van der Waals surface area (Å²) in [5.41, 5.74) is 0.872. The second-order valence-electron chi connectivity index (χ2n) is 7.13. The Bertz CT molecular complexity index is 847. The topological polar surface area (TPSA) is 58.6 Å². The molecule has 28 heavy (non-hydrogen) atoms. The first kappa shape index (κ1) is 20.2. The molecule has 2 aromatic rings. The van der Waals surface area contributed by atoms with Crippen LogP contribution in [0.4, 0.5) is 18.9 Å². The summed E-state index contributed by atoms with van der Waals surface area (Å²) in [5.74, 6) is -0.603. The smallest absolute Gasteiger partial charge is 0.416 e. The minimum Gasteiger partial charge on any atom is -0.497 e. The average molecular weight is 393 g/mol. The van der Waals surface area contributed by atoms with E-state index in [1.807, 2.05) is 12.1 Å². The van der Waals surface area contributed by atoms with Crippen LogP contribution in [0.15, 0.2) is 42.5 Å². The molecule has 2 aromatic carbocycles. The zero-order valence-electron chi connectivity index (χ0n) is 15.6. The highest BCUT2D eigenvalue weighted by Crippen LogP contribution is 2.40. The van der Waals surface area contributed by atoms with Gasteiger partial charge in [-0.25, -0.2) is 0 Å². The number of methoxy groups -OCH3 is 1. The summed E-state index contributed by atoms with van der Waals surface area (Å²) in [7, 11) is 1.54. The molecule has 0 aliphatic carbocycles. The van der Waals surface area contributed by atoms with E-state index in [-0.39, 0.29) is 24.7 Å². The highest BCUT2D eigenvalue weighted by molar-refractivity contribution is 5.95. The maximum Gasteiger partial charge on any atom is 0.416 e. The standard InChI is InChI=1S/C21H22F3NO3/c1-12(26)9-18-17(13-3-6-16(28-2)7-4-13)11-14-10-15(21(22,23)24)5-8-19(14)25-20(18)27/h3-8,10,12,17-18,26H,9,11H2,1-2H3,(H,25,27). The van der Waals surface area contributed by atoms with Crippen LogP contribution in [0.1, 0.15) is 36.0 Å². The van der Waals surface area contributed by atoms with Crippen LogP contribution in [0.25, 0.3) is 0 Å². The third-order valence-corrected chi connectivity index (χ3v) is 5.09. The number of nitrogens with one attached hydrogen (secondary N) is 1. The summed E-state index contributed by atoms with van der Waals surface area (Å²) in [6.07, 6.45) is -4.71. The van der Waals surface area contributed by atoms with Crippen LogP contribution in [-0.4, -0.2) is 24.2 Å². The van der Waals surface area contributed by atoms with Gasteiger partial charge in [-0.2, -0.15) is 13.2 Å². The number of halogens is 3. The molecule has 1 aliphatic rings. The zero-order valence-corrected chi connectivity index (χ0v) is 15.6. The number of hydrogen-bond acceptors (Lipinski definition) is 3. The molecule has 0 bridgehead atoms. The molecule has 3 unspecified atom stereocenters. The number of carbonyl (C=O) groups excluding carboxylic acids is 1. The van der Waals surface area contributed by atoms with Crippen molar-refractivity contribution in [2.45, 2.75) is 38.0 Å². The van der Waals surface area contributed by atoms with Crippen molar-refractivity contribution >= 4 is 11.6 Å². The monoisotopic (exact) mass is 393 g/mol. The summed E-state index contributed by atoms with van der Waals surface area (Å²) >= 11 is 0. The molecule has 0 fully saturated rings. The number of anilines is 1. The Hall–Kier alpha value is -2.54. The van der Waals surface area contributed by atoms with E-state index >= 15 is 0 Å². The third-order valence-electron chi connectivity index (χ3n) is 5.09. The number of alkyl halides is 3. The molecular formula is C21H22F3NO3. The van der Waals surface area contributed by atoms with E-state index in [1.54, 1.807) is 26.2 Å². The zero-order chi connectivity index (χ0) is 20.5. The van der Waals surface area contributed by atoms with Gasteiger partial charge in [-0.05, 0) is 67.1 Å². The van der Waals surface area contributed by atoms with Gasteiger partial charge in [-0.3, -0.25) is 4.79 Å². The fourth-order valence-electron chi connectivity index (χ4n) is 3.69. The number of hydrogen-bond donors (Lipinski definition) is 2. The van der Waals surface area contributed by atoms with Gasteiger partial charge in [0.15, 0.2) is 0 Å². The van der Waals surface area contributed by atoms with Crippen LogP contribution < -0.4 is 10.1 Å². The molecule has 1 aliphatic heterocycles. The first-order valence-electron chi connectivity index (χ1n) is 9.02. The van der Waals surface area contributed by atoms with E-state index in [9.17, 15) is 23.1 Å². The summed E-state index contributed by atoms with van der Waals surface area (Å²) in [6, 6.07) is 10.5. The summed E-state index contributed by atoms with van der Waals surface area (Å²) < 4.78 is 44.6. The van der Waals surface area contributed by atoms with E-state index in [4.69, 9.17) is 4.74 Å². The van der Waals surface area contributed by atoms with Crippen molar-refractivity contribution < 1.29 is 27.8 Å². The second-order valence-corrected chi connectivity index (χ2v) is 7.13. The average Bonchev–Trinajstić information content (AvgIpc) is 2.77. The molecule has 3 atom stereocenters. The normalized spacial score (nSPS) is 20.7. The number of benzene rings is 2. The van der Waals surface area contributed by atoms with Crippen LogP contribution in [0.2, 0.25) is 0 Å². The van der Waals surface area contributed by atoms with Crippen LogP contribution in [-0.2, 0) is 17.4 Å². The molecule has 0 spiro atoms. The maximum atomic E-state index is 13.2. The third kappa shape index (κ3) is 4.30. The fourth-order valence-corrected chi connectivity index (χ4v) is 3.69. The molecule has 0 aromatic heterocycles. The molecule has 0 saturated carbocycles. The Morgan fingerprint density at radius 1 is 1.21 bits per heavy atom. The Morgan fingerprint density at radius 3 is 2.46 bits per heavy atom. The van der Waals surface area contributed by atoms with Gasteiger partial charge in [0.1, 0.15) is 5.75 Å². The van der Waals surface area contributed by atoms with Gasteiger partial charge in [0, 0.05) is 11.6 Å². The number of carbonyl (C=O) groups is 1. The minimum absolute atomic E-state index is 0.211. The minimum atomic E-state index is -4.46. The van der Waals surface area contributed by atoms with E-state index in [2.05, 4.69) is 5.32 Å². The number of ether oxygens (including phenoxy) is 1. The summed E-state index contributed by atoms with van der Waals surface area (Å²) in [5, 5.41) is 12.6.